The number of nitrogens with one attached hydrogen (secondary N) is 1. The van der Waals surface area contributed by atoms with Crippen molar-refractivity contribution in [1.82, 2.24) is 10.4 Å². The van der Waals surface area contributed by atoms with Crippen LogP contribution in [0.2, 0.25) is 0 Å². The molecule has 0 saturated carbocycles. The molecule has 0 atom stereocenters. The number of nitrogens with zero attached hydrogens (tertiary/aromatic N) is 1. The minimum atomic E-state index is 0. The van der Waals surface area contributed by atoms with E-state index in [0.29, 0.717) is 6.54 Å². The minimum Gasteiger partial charge on any atom is -0.317 e. The van der Waals surface area contributed by atoms with Gasteiger partial charge >= 0.3 is 0 Å². The molecule has 0 aromatic heterocycles. The van der Waals surface area contributed by atoms with Crippen LogP contribution in [0.3, 0.4) is 0 Å². The van der Waals surface area contributed by atoms with Crippen molar-refractivity contribution in [2.45, 2.75) is 19.3 Å². The maximum absolute atomic E-state index is 8.32. The summed E-state index contributed by atoms with van der Waals surface area (Å²) in [4.78, 5) is 2.38. The number of likely N-dealkylation sites (tertiary alicyclic amines) is 1. The number of rotatable bonds is 3. The molecule has 3 nitrogen and oxygen atoms in total. The van der Waals surface area contributed by atoms with Gasteiger partial charge in [-0.2, -0.15) is 0 Å². The average Bonchev–Trinajstić information content (AvgIpc) is 2.03. The number of hydrogen-bond donors (Lipinski definition) is 2. The molecule has 0 bridgehead atoms. The molecule has 76 valence electrons. The molecule has 2 N–H and O–H groups in total. The zero-order valence-corrected chi connectivity index (χ0v) is 8.79. The fraction of sp³-hybridized carbons (Fsp3) is 1.00. The summed E-state index contributed by atoms with van der Waals surface area (Å²) < 4.78 is 0. The van der Waals surface area contributed by atoms with E-state index in [1.165, 1.54) is 32.4 Å². The second kappa shape index (κ2) is 9.55. The smallest absolute Gasteiger partial charge is 0.0335 e. The third-order valence-corrected chi connectivity index (χ3v) is 1.99. The first-order valence-corrected chi connectivity index (χ1v) is 4.03. The molecule has 1 aliphatic heterocycles. The number of hydrogen-bond acceptors (Lipinski definition) is 3. The third-order valence-electron chi connectivity index (χ3n) is 1.99. The van der Waals surface area contributed by atoms with Crippen LogP contribution < -0.4 is 5.48 Å². The van der Waals surface area contributed by atoms with Crippen molar-refractivity contribution in [3.05, 3.63) is 0 Å². The lowest BCUT2D eigenvalue weighted by atomic mass is 10.1. The Morgan fingerprint density at radius 1 is 1.08 bits per heavy atom. The zero-order valence-electron chi connectivity index (χ0n) is 7.16. The topological polar surface area (TPSA) is 35.5 Å². The van der Waals surface area contributed by atoms with Crippen LogP contribution in [0.1, 0.15) is 19.3 Å². The Balaban J connectivity index is 0. The van der Waals surface area contributed by atoms with E-state index in [9.17, 15) is 0 Å². The number of halogens is 2. The molecule has 1 saturated heterocycles. The highest BCUT2D eigenvalue weighted by Gasteiger charge is 2.07. The fourth-order valence-corrected chi connectivity index (χ4v) is 1.39. The lowest BCUT2D eigenvalue weighted by Crippen LogP contribution is -2.34. The molecule has 0 aromatic carbocycles. The first kappa shape index (κ1) is 15.0. The summed E-state index contributed by atoms with van der Waals surface area (Å²) in [5.74, 6) is 0. The van der Waals surface area contributed by atoms with Gasteiger partial charge in [0.2, 0.25) is 0 Å². The highest BCUT2D eigenvalue weighted by Crippen LogP contribution is 2.06. The van der Waals surface area contributed by atoms with E-state index in [1.807, 2.05) is 0 Å². The minimum absolute atomic E-state index is 0. The Labute approximate surface area is 86.3 Å². The molecule has 12 heavy (non-hydrogen) atoms. The molecular formula is C7H18Cl2N2O. The molecule has 0 radical (unpaired) electrons. The van der Waals surface area contributed by atoms with Gasteiger partial charge in [0, 0.05) is 13.1 Å². The summed E-state index contributed by atoms with van der Waals surface area (Å²) in [6, 6.07) is 0. The summed E-state index contributed by atoms with van der Waals surface area (Å²) in [5, 5.41) is 8.32. The van der Waals surface area contributed by atoms with Gasteiger partial charge in [-0.3, -0.25) is 0 Å². The van der Waals surface area contributed by atoms with Crippen LogP contribution in [0.4, 0.5) is 0 Å². The van der Waals surface area contributed by atoms with Crippen LogP contribution in [0.15, 0.2) is 0 Å². The Kier molecular flexibility index (Phi) is 11.9. The van der Waals surface area contributed by atoms with Crippen LogP contribution in [0, 0.1) is 0 Å². The van der Waals surface area contributed by atoms with Gasteiger partial charge in [0.05, 0.1) is 0 Å². The van der Waals surface area contributed by atoms with Crippen molar-refractivity contribution in [3.8, 4) is 0 Å². The van der Waals surface area contributed by atoms with Crippen LogP contribution in [0.5, 0.6) is 0 Å². The normalized spacial score (nSPS) is 17.8. The van der Waals surface area contributed by atoms with Gasteiger partial charge < -0.3 is 10.1 Å². The van der Waals surface area contributed by atoms with E-state index >= 15 is 0 Å². The highest BCUT2D eigenvalue weighted by atomic mass is 35.5. The van der Waals surface area contributed by atoms with E-state index in [4.69, 9.17) is 5.21 Å². The molecule has 0 spiro atoms. The molecule has 0 unspecified atom stereocenters. The van der Waals surface area contributed by atoms with E-state index in [-0.39, 0.29) is 24.8 Å². The number of piperidine rings is 1. The molecule has 0 aromatic rings. The predicted octanol–water partition coefficient (Wildman–Crippen LogP) is 1.29. The van der Waals surface area contributed by atoms with Crippen LogP contribution in [-0.4, -0.2) is 36.3 Å². The zero-order chi connectivity index (χ0) is 7.23. The van der Waals surface area contributed by atoms with E-state index < -0.39 is 0 Å². The first-order valence-electron chi connectivity index (χ1n) is 4.03. The van der Waals surface area contributed by atoms with Gasteiger partial charge in [-0.25, -0.2) is 5.48 Å². The average molecular weight is 217 g/mol. The standard InChI is InChI=1S/C7H16N2O.2ClH/c10-8-4-7-9-5-2-1-3-6-9;;/h8,10H,1-7H2;2*1H. The fourth-order valence-electron chi connectivity index (χ4n) is 1.39. The first-order chi connectivity index (χ1) is 4.93. The largest absolute Gasteiger partial charge is 0.317 e. The molecule has 0 amide bonds. The number of hydroxylamine groups is 1. The van der Waals surface area contributed by atoms with Crippen LogP contribution in [0.25, 0.3) is 0 Å². The van der Waals surface area contributed by atoms with Crippen molar-refractivity contribution in [1.29, 1.82) is 0 Å². The molecule has 1 aliphatic rings. The van der Waals surface area contributed by atoms with Gasteiger partial charge in [-0.1, -0.05) is 6.42 Å². The maximum atomic E-state index is 8.32. The van der Waals surface area contributed by atoms with Crippen LogP contribution in [-0.2, 0) is 0 Å². The summed E-state index contributed by atoms with van der Waals surface area (Å²) in [6.07, 6.45) is 4.03. The van der Waals surface area contributed by atoms with Crippen molar-refractivity contribution in [2.24, 2.45) is 0 Å². The molecule has 1 heterocycles. The molecule has 0 aliphatic carbocycles. The van der Waals surface area contributed by atoms with Crippen molar-refractivity contribution >= 4 is 24.8 Å². The van der Waals surface area contributed by atoms with Gasteiger partial charge in [0.1, 0.15) is 0 Å². The Bertz CT molecular complexity index is 89.5. The Hall–Kier alpha value is 0.460. The van der Waals surface area contributed by atoms with Crippen molar-refractivity contribution < 1.29 is 5.21 Å². The van der Waals surface area contributed by atoms with Crippen molar-refractivity contribution in [2.75, 3.05) is 26.2 Å². The van der Waals surface area contributed by atoms with Gasteiger partial charge in [0.25, 0.3) is 0 Å². The SMILES string of the molecule is Cl.Cl.ONCCN1CCCCC1. The maximum Gasteiger partial charge on any atom is 0.0335 e. The second-order valence-electron chi connectivity index (χ2n) is 2.81. The summed E-state index contributed by atoms with van der Waals surface area (Å²) in [6.45, 7) is 4.10. The molecule has 1 rings (SSSR count). The van der Waals surface area contributed by atoms with Gasteiger partial charge in [-0.05, 0) is 25.9 Å². The van der Waals surface area contributed by atoms with E-state index in [0.717, 1.165) is 6.54 Å². The van der Waals surface area contributed by atoms with Gasteiger partial charge in [0.15, 0.2) is 0 Å². The second-order valence-corrected chi connectivity index (χ2v) is 2.81. The monoisotopic (exact) mass is 216 g/mol. The van der Waals surface area contributed by atoms with Crippen LogP contribution >= 0.6 is 24.8 Å². The Morgan fingerprint density at radius 3 is 2.17 bits per heavy atom. The van der Waals surface area contributed by atoms with Gasteiger partial charge in [-0.15, -0.1) is 24.8 Å². The van der Waals surface area contributed by atoms with E-state index in [2.05, 4.69) is 10.4 Å². The van der Waals surface area contributed by atoms with E-state index in [1.54, 1.807) is 0 Å². The summed E-state index contributed by atoms with van der Waals surface area (Å²) in [7, 11) is 0. The quantitative estimate of drug-likeness (QED) is 0.699. The Morgan fingerprint density at radius 2 is 1.67 bits per heavy atom. The summed E-state index contributed by atoms with van der Waals surface area (Å²) >= 11 is 0. The van der Waals surface area contributed by atoms with Crippen molar-refractivity contribution in [3.63, 3.8) is 0 Å². The highest BCUT2D eigenvalue weighted by molar-refractivity contribution is 5.85. The summed E-state index contributed by atoms with van der Waals surface area (Å²) in [5.41, 5.74) is 2.17. The molecule has 5 heteroatoms. The lowest BCUT2D eigenvalue weighted by Gasteiger charge is -2.25. The molecule has 1 fully saturated rings. The third kappa shape index (κ3) is 6.03. The predicted molar refractivity (Wildman–Crippen MR) is 54.6 cm³/mol. The lowest BCUT2D eigenvalue weighted by molar-refractivity contribution is 0.139. The molecular weight excluding hydrogens is 199 g/mol.